The molecule has 0 saturated heterocycles. The number of ether oxygens (including phenoxy) is 1. The Morgan fingerprint density at radius 2 is 1.48 bits per heavy atom. The molecular formula is C20H16F4O. The molecule has 0 aliphatic carbocycles. The first-order valence-corrected chi connectivity index (χ1v) is 7.71. The Morgan fingerprint density at radius 3 is 1.96 bits per heavy atom. The molecule has 130 valence electrons. The zero-order valence-electron chi connectivity index (χ0n) is 13.5. The molecule has 2 aromatic carbocycles. The van der Waals surface area contributed by atoms with Gasteiger partial charge in [-0.2, -0.15) is 0 Å². The van der Waals surface area contributed by atoms with Crippen molar-refractivity contribution >= 4 is 5.83 Å². The molecule has 5 heteroatoms. The summed E-state index contributed by atoms with van der Waals surface area (Å²) in [6, 6.07) is 12.0. The van der Waals surface area contributed by atoms with Crippen LogP contribution in [0.25, 0.3) is 5.83 Å². The lowest BCUT2D eigenvalue weighted by atomic mass is 10.1. The van der Waals surface area contributed by atoms with Crippen LogP contribution in [0.5, 0.6) is 5.75 Å². The number of halogens is 4. The van der Waals surface area contributed by atoms with E-state index < -0.39 is 6.36 Å². The summed E-state index contributed by atoms with van der Waals surface area (Å²) < 4.78 is 53.9. The molecule has 0 atom stereocenters. The molecule has 2 rings (SSSR count). The second-order valence-corrected chi connectivity index (χ2v) is 5.24. The van der Waals surface area contributed by atoms with Crippen molar-refractivity contribution in [3.63, 3.8) is 0 Å². The maximum atomic E-state index is 13.8. The molecule has 0 fully saturated rings. The van der Waals surface area contributed by atoms with Crippen LogP contribution < -0.4 is 4.74 Å². The minimum Gasteiger partial charge on any atom is -0.406 e. The van der Waals surface area contributed by atoms with Gasteiger partial charge in [0.1, 0.15) is 11.6 Å². The molecule has 1 nitrogen and oxygen atoms in total. The number of unbranched alkanes of at least 4 members (excludes halogenated alkanes) is 1. The van der Waals surface area contributed by atoms with E-state index in [2.05, 4.69) is 16.6 Å². The van der Waals surface area contributed by atoms with Crippen LogP contribution in [0, 0.1) is 11.8 Å². The number of allylic oxidation sites excluding steroid dienone is 1. The summed E-state index contributed by atoms with van der Waals surface area (Å²) in [7, 11) is 0. The van der Waals surface area contributed by atoms with Gasteiger partial charge in [-0.25, -0.2) is 4.39 Å². The van der Waals surface area contributed by atoms with Crippen LogP contribution in [0.1, 0.15) is 36.5 Å². The molecule has 0 aliphatic heterocycles. The number of hydrogen-bond donors (Lipinski definition) is 0. The Kier molecular flexibility index (Phi) is 6.24. The standard InChI is InChI=1S/C20H16F4O/c1-2-3-4-19(21)17-11-7-15(8-12-17)5-6-16-9-13-18(14-10-16)25-20(22,23)24/h4,7-14H,2-3H2,1H3. The first kappa shape index (κ1) is 18.6. The summed E-state index contributed by atoms with van der Waals surface area (Å²) >= 11 is 0. The number of benzene rings is 2. The van der Waals surface area contributed by atoms with Gasteiger partial charge in [-0.15, -0.1) is 13.2 Å². The van der Waals surface area contributed by atoms with Crippen LogP contribution in [0.3, 0.4) is 0 Å². The second-order valence-electron chi connectivity index (χ2n) is 5.24. The predicted octanol–water partition coefficient (Wildman–Crippen LogP) is 6.10. The van der Waals surface area contributed by atoms with Gasteiger partial charge in [-0.1, -0.05) is 37.3 Å². The highest BCUT2D eigenvalue weighted by Crippen LogP contribution is 2.22. The Labute approximate surface area is 143 Å². The van der Waals surface area contributed by atoms with Crippen LogP contribution in [0.15, 0.2) is 54.6 Å². The third-order valence-electron chi connectivity index (χ3n) is 3.21. The van der Waals surface area contributed by atoms with Gasteiger partial charge in [-0.05, 0) is 48.9 Å². The average molecular weight is 348 g/mol. The van der Waals surface area contributed by atoms with E-state index in [1.54, 1.807) is 30.3 Å². The molecule has 0 saturated carbocycles. The van der Waals surface area contributed by atoms with Gasteiger partial charge in [0, 0.05) is 16.7 Å². The summed E-state index contributed by atoms with van der Waals surface area (Å²) in [5.41, 5.74) is 1.72. The molecule has 2 aromatic rings. The Morgan fingerprint density at radius 1 is 0.960 bits per heavy atom. The van der Waals surface area contributed by atoms with Crippen LogP contribution >= 0.6 is 0 Å². The van der Waals surface area contributed by atoms with Crippen molar-refractivity contribution < 1.29 is 22.3 Å². The molecule has 0 amide bonds. The average Bonchev–Trinajstić information content (AvgIpc) is 2.58. The fourth-order valence-corrected chi connectivity index (χ4v) is 1.99. The molecule has 0 spiro atoms. The lowest BCUT2D eigenvalue weighted by Crippen LogP contribution is -2.16. The summed E-state index contributed by atoms with van der Waals surface area (Å²) in [5, 5.41) is 0. The highest BCUT2D eigenvalue weighted by atomic mass is 19.4. The molecule has 0 unspecified atom stereocenters. The van der Waals surface area contributed by atoms with Crippen molar-refractivity contribution in [1.29, 1.82) is 0 Å². The Bertz CT molecular complexity index is 776. The van der Waals surface area contributed by atoms with Crippen molar-refractivity contribution in [1.82, 2.24) is 0 Å². The van der Waals surface area contributed by atoms with E-state index in [1.807, 2.05) is 6.92 Å². The van der Waals surface area contributed by atoms with Crippen LogP contribution in [0.2, 0.25) is 0 Å². The number of rotatable bonds is 4. The first-order valence-electron chi connectivity index (χ1n) is 7.71. The van der Waals surface area contributed by atoms with Crippen LogP contribution in [-0.4, -0.2) is 6.36 Å². The van der Waals surface area contributed by atoms with Crippen LogP contribution in [0.4, 0.5) is 17.6 Å². The van der Waals surface area contributed by atoms with E-state index in [9.17, 15) is 17.6 Å². The van der Waals surface area contributed by atoms with Gasteiger partial charge in [0.05, 0.1) is 0 Å². The second kappa shape index (κ2) is 8.39. The third-order valence-corrected chi connectivity index (χ3v) is 3.21. The highest BCUT2D eigenvalue weighted by Gasteiger charge is 2.30. The van der Waals surface area contributed by atoms with E-state index in [-0.39, 0.29) is 11.6 Å². The summed E-state index contributed by atoms with van der Waals surface area (Å²) in [5.74, 6) is 5.16. The molecule has 0 bridgehead atoms. The molecule has 0 N–H and O–H groups in total. The van der Waals surface area contributed by atoms with Crippen molar-refractivity contribution in [2.45, 2.75) is 26.1 Å². The first-order chi connectivity index (χ1) is 11.9. The summed E-state index contributed by atoms with van der Waals surface area (Å²) in [6.45, 7) is 1.98. The van der Waals surface area contributed by atoms with E-state index >= 15 is 0 Å². The zero-order chi connectivity index (χ0) is 18.3. The minimum absolute atomic E-state index is 0.262. The maximum absolute atomic E-state index is 13.8. The zero-order valence-corrected chi connectivity index (χ0v) is 13.5. The molecule has 0 heterocycles. The SMILES string of the molecule is CCCC=C(F)c1ccc(C#Cc2ccc(OC(F)(F)F)cc2)cc1. The van der Waals surface area contributed by atoms with Gasteiger partial charge in [0.2, 0.25) is 0 Å². The fourth-order valence-electron chi connectivity index (χ4n) is 1.99. The molecule has 0 radical (unpaired) electrons. The molecule has 25 heavy (non-hydrogen) atoms. The Balaban J connectivity index is 2.06. The number of hydrogen-bond acceptors (Lipinski definition) is 1. The van der Waals surface area contributed by atoms with E-state index in [1.165, 1.54) is 24.3 Å². The molecule has 0 aromatic heterocycles. The molecular weight excluding hydrogens is 332 g/mol. The van der Waals surface area contributed by atoms with Gasteiger partial charge in [-0.3, -0.25) is 0 Å². The van der Waals surface area contributed by atoms with E-state index in [0.717, 1.165) is 6.42 Å². The van der Waals surface area contributed by atoms with Crippen molar-refractivity contribution in [3.05, 3.63) is 71.3 Å². The third kappa shape index (κ3) is 6.34. The van der Waals surface area contributed by atoms with E-state index in [4.69, 9.17) is 0 Å². The smallest absolute Gasteiger partial charge is 0.406 e. The summed E-state index contributed by atoms with van der Waals surface area (Å²) in [4.78, 5) is 0. The lowest BCUT2D eigenvalue weighted by Gasteiger charge is -2.07. The quantitative estimate of drug-likeness (QED) is 0.479. The highest BCUT2D eigenvalue weighted by molar-refractivity contribution is 5.60. The number of alkyl halides is 3. The van der Waals surface area contributed by atoms with Crippen molar-refractivity contribution in [2.24, 2.45) is 0 Å². The van der Waals surface area contributed by atoms with Gasteiger partial charge in [0.25, 0.3) is 0 Å². The predicted molar refractivity (Wildman–Crippen MR) is 89.5 cm³/mol. The normalized spacial score (nSPS) is 11.6. The van der Waals surface area contributed by atoms with Crippen LogP contribution in [-0.2, 0) is 0 Å². The van der Waals surface area contributed by atoms with E-state index in [0.29, 0.717) is 23.1 Å². The molecule has 0 aliphatic rings. The topological polar surface area (TPSA) is 9.23 Å². The fraction of sp³-hybridized carbons (Fsp3) is 0.200. The maximum Gasteiger partial charge on any atom is 0.573 e. The lowest BCUT2D eigenvalue weighted by molar-refractivity contribution is -0.274. The van der Waals surface area contributed by atoms with Gasteiger partial charge in [0.15, 0.2) is 0 Å². The Hall–Kier alpha value is -2.74. The summed E-state index contributed by atoms with van der Waals surface area (Å²) in [6.07, 6.45) is -1.60. The van der Waals surface area contributed by atoms with Gasteiger partial charge >= 0.3 is 6.36 Å². The van der Waals surface area contributed by atoms with Crippen molar-refractivity contribution in [2.75, 3.05) is 0 Å². The van der Waals surface area contributed by atoms with Gasteiger partial charge < -0.3 is 4.74 Å². The van der Waals surface area contributed by atoms with Crippen molar-refractivity contribution in [3.8, 4) is 17.6 Å². The largest absolute Gasteiger partial charge is 0.573 e. The monoisotopic (exact) mass is 348 g/mol. The minimum atomic E-state index is -4.71.